The molecule has 1 saturated heterocycles. The lowest BCUT2D eigenvalue weighted by molar-refractivity contribution is 0.0322. The van der Waals surface area contributed by atoms with E-state index in [-0.39, 0.29) is 28.8 Å². The molecule has 1 aliphatic rings. The fourth-order valence-electron chi connectivity index (χ4n) is 4.07. The minimum absolute atomic E-state index is 0.0566. The third-order valence-electron chi connectivity index (χ3n) is 5.95. The van der Waals surface area contributed by atoms with Gasteiger partial charge in [0.15, 0.2) is 0 Å². The van der Waals surface area contributed by atoms with Crippen LogP contribution in [0.5, 0.6) is 11.5 Å². The van der Waals surface area contributed by atoms with Gasteiger partial charge in [-0.2, -0.15) is 0 Å². The molecule has 0 unspecified atom stereocenters. The summed E-state index contributed by atoms with van der Waals surface area (Å²) in [5.41, 5.74) is 1.88. The van der Waals surface area contributed by atoms with Gasteiger partial charge < -0.3 is 14.2 Å². The molecule has 4 aromatic rings. The largest absolute Gasteiger partial charge is 0.492 e. The first-order valence-corrected chi connectivity index (χ1v) is 12.0. The molecular weight excluding hydrogens is 488 g/mol. The van der Waals surface area contributed by atoms with Crippen molar-refractivity contribution < 1.29 is 23.0 Å². The van der Waals surface area contributed by atoms with Crippen LogP contribution in [-0.2, 0) is 11.3 Å². The smallest absolute Gasteiger partial charge is 0.141 e. The molecule has 0 amide bonds. The second kappa shape index (κ2) is 11.2. The normalized spacial score (nSPS) is 14.2. The average Bonchev–Trinajstić information content (AvgIpc) is 2.89. The number of rotatable bonds is 8. The lowest BCUT2D eigenvalue weighted by Gasteiger charge is -2.26. The van der Waals surface area contributed by atoms with Gasteiger partial charge in [0.05, 0.1) is 29.4 Å². The van der Waals surface area contributed by atoms with Gasteiger partial charge in [0.25, 0.3) is 0 Å². The summed E-state index contributed by atoms with van der Waals surface area (Å²) in [5, 5.41) is 0.888. The number of halogens is 3. The molecule has 0 N–H and O–H groups in total. The summed E-state index contributed by atoms with van der Waals surface area (Å²) in [6.07, 6.45) is 1.39. The molecule has 1 aromatic heterocycles. The Morgan fingerprint density at radius 1 is 0.972 bits per heavy atom. The van der Waals surface area contributed by atoms with Crippen LogP contribution in [0.15, 0.2) is 60.9 Å². The van der Waals surface area contributed by atoms with Crippen molar-refractivity contribution in [3.63, 3.8) is 0 Å². The quantitative estimate of drug-likeness (QED) is 0.310. The van der Waals surface area contributed by atoms with E-state index >= 15 is 4.39 Å². The highest BCUT2D eigenvalue weighted by molar-refractivity contribution is 6.32. The second-order valence-corrected chi connectivity index (χ2v) is 8.79. The third kappa shape index (κ3) is 5.73. The Morgan fingerprint density at radius 2 is 1.83 bits per heavy atom. The molecule has 186 valence electrons. The van der Waals surface area contributed by atoms with Crippen LogP contribution in [0.25, 0.3) is 22.2 Å². The standard InChI is InChI=1S/C27H24ClF2N3O3/c28-23-14-22(24(30)15-26(23)36-16-18-2-1-3-19(29)12-18)27-21-5-4-20(13-25(21)31-17-32-27)35-11-8-33-6-9-34-10-7-33/h1-5,12-15,17H,6-11,16H2. The Balaban J connectivity index is 1.32. The molecule has 2 heterocycles. The van der Waals surface area contributed by atoms with Crippen LogP contribution in [0.4, 0.5) is 8.78 Å². The molecule has 0 radical (unpaired) electrons. The van der Waals surface area contributed by atoms with Gasteiger partial charge in [0.1, 0.15) is 42.7 Å². The van der Waals surface area contributed by atoms with Gasteiger partial charge in [-0.15, -0.1) is 0 Å². The second-order valence-electron chi connectivity index (χ2n) is 8.38. The molecule has 1 fully saturated rings. The Labute approximate surface area is 212 Å². The molecule has 0 saturated carbocycles. The molecule has 36 heavy (non-hydrogen) atoms. The zero-order valence-electron chi connectivity index (χ0n) is 19.4. The van der Waals surface area contributed by atoms with Crippen LogP contribution in [0.3, 0.4) is 0 Å². The Kier molecular flexibility index (Phi) is 7.55. The number of aromatic nitrogens is 2. The zero-order valence-corrected chi connectivity index (χ0v) is 20.2. The van der Waals surface area contributed by atoms with Crippen LogP contribution in [0, 0.1) is 11.6 Å². The summed E-state index contributed by atoms with van der Waals surface area (Å²) in [7, 11) is 0. The first kappa shape index (κ1) is 24.4. The predicted molar refractivity (Wildman–Crippen MR) is 133 cm³/mol. The van der Waals surface area contributed by atoms with Gasteiger partial charge in [0, 0.05) is 42.7 Å². The van der Waals surface area contributed by atoms with Crippen LogP contribution < -0.4 is 9.47 Å². The van der Waals surface area contributed by atoms with Crippen LogP contribution in [0.2, 0.25) is 5.02 Å². The fraction of sp³-hybridized carbons (Fsp3) is 0.259. The highest BCUT2D eigenvalue weighted by Crippen LogP contribution is 2.36. The minimum Gasteiger partial charge on any atom is -0.492 e. The van der Waals surface area contributed by atoms with E-state index in [1.165, 1.54) is 30.6 Å². The Bertz CT molecular complexity index is 1370. The molecule has 0 spiro atoms. The summed E-state index contributed by atoms with van der Waals surface area (Å²) in [5.74, 6) is -0.0685. The van der Waals surface area contributed by atoms with Crippen molar-refractivity contribution in [1.82, 2.24) is 14.9 Å². The average molecular weight is 512 g/mol. The van der Waals surface area contributed by atoms with Gasteiger partial charge in [-0.3, -0.25) is 4.90 Å². The molecule has 1 aliphatic heterocycles. The molecule has 0 atom stereocenters. The van der Waals surface area contributed by atoms with Crippen LogP contribution in [0.1, 0.15) is 5.56 Å². The van der Waals surface area contributed by atoms with Gasteiger partial charge in [-0.25, -0.2) is 18.7 Å². The van der Waals surface area contributed by atoms with Crippen molar-refractivity contribution in [2.45, 2.75) is 6.61 Å². The third-order valence-corrected chi connectivity index (χ3v) is 6.24. The summed E-state index contributed by atoms with van der Waals surface area (Å²) >= 11 is 6.41. The highest BCUT2D eigenvalue weighted by atomic mass is 35.5. The van der Waals surface area contributed by atoms with Crippen LogP contribution in [-0.4, -0.2) is 54.3 Å². The number of ether oxygens (including phenoxy) is 3. The summed E-state index contributed by atoms with van der Waals surface area (Å²) in [6, 6.07) is 14.1. The number of morpholine rings is 1. The maximum atomic E-state index is 15.2. The highest BCUT2D eigenvalue weighted by Gasteiger charge is 2.16. The first-order valence-electron chi connectivity index (χ1n) is 11.6. The summed E-state index contributed by atoms with van der Waals surface area (Å²) in [4.78, 5) is 10.9. The molecule has 6 nitrogen and oxygen atoms in total. The van der Waals surface area contributed by atoms with Crippen molar-refractivity contribution in [3.05, 3.63) is 83.1 Å². The molecule has 3 aromatic carbocycles. The van der Waals surface area contributed by atoms with Crippen molar-refractivity contribution in [2.75, 3.05) is 39.5 Å². The Morgan fingerprint density at radius 3 is 2.67 bits per heavy atom. The lowest BCUT2D eigenvalue weighted by atomic mass is 10.1. The Hall–Kier alpha value is -3.33. The van der Waals surface area contributed by atoms with Crippen molar-refractivity contribution in [1.29, 1.82) is 0 Å². The van der Waals surface area contributed by atoms with Gasteiger partial charge in [-0.05, 0) is 35.9 Å². The van der Waals surface area contributed by atoms with E-state index in [1.807, 2.05) is 18.2 Å². The van der Waals surface area contributed by atoms with Gasteiger partial charge in [0.2, 0.25) is 0 Å². The summed E-state index contributed by atoms with van der Waals surface area (Å²) < 4.78 is 45.5. The van der Waals surface area contributed by atoms with Gasteiger partial charge >= 0.3 is 0 Å². The monoisotopic (exact) mass is 511 g/mol. The molecule has 5 rings (SSSR count). The molecule has 0 bridgehead atoms. The minimum atomic E-state index is -0.542. The van der Waals surface area contributed by atoms with Crippen molar-refractivity contribution in [2.24, 2.45) is 0 Å². The molecule has 9 heteroatoms. The zero-order chi connectivity index (χ0) is 24.9. The topological polar surface area (TPSA) is 56.7 Å². The SMILES string of the molecule is Fc1cccc(COc2cc(F)c(-c3ncnc4cc(OCCN5CCOCC5)ccc34)cc2Cl)c1. The number of hydrogen-bond acceptors (Lipinski definition) is 6. The van der Waals surface area contributed by atoms with E-state index in [4.69, 9.17) is 25.8 Å². The maximum absolute atomic E-state index is 15.2. The summed E-state index contributed by atoms with van der Waals surface area (Å²) in [6.45, 7) is 4.72. The van der Waals surface area contributed by atoms with E-state index in [2.05, 4.69) is 14.9 Å². The number of benzene rings is 3. The van der Waals surface area contributed by atoms with E-state index in [1.54, 1.807) is 12.1 Å². The fourth-order valence-corrected chi connectivity index (χ4v) is 4.29. The van der Waals surface area contributed by atoms with E-state index < -0.39 is 5.82 Å². The number of fused-ring (bicyclic) bond motifs is 1. The maximum Gasteiger partial charge on any atom is 0.141 e. The number of hydrogen-bond donors (Lipinski definition) is 0. The van der Waals surface area contributed by atoms with E-state index in [9.17, 15) is 4.39 Å². The van der Waals surface area contributed by atoms with Gasteiger partial charge in [-0.1, -0.05) is 23.7 Å². The van der Waals surface area contributed by atoms with E-state index in [0.717, 1.165) is 32.8 Å². The van der Waals surface area contributed by atoms with Crippen LogP contribution >= 0.6 is 11.6 Å². The van der Waals surface area contributed by atoms with Crippen molar-refractivity contribution in [3.8, 4) is 22.8 Å². The molecule has 0 aliphatic carbocycles. The van der Waals surface area contributed by atoms with Crippen molar-refractivity contribution >= 4 is 22.5 Å². The number of nitrogens with zero attached hydrogens (tertiary/aromatic N) is 3. The van der Waals surface area contributed by atoms with E-state index in [0.29, 0.717) is 34.5 Å². The predicted octanol–water partition coefficient (Wildman–Crippen LogP) is 5.52. The lowest BCUT2D eigenvalue weighted by Crippen LogP contribution is -2.38. The first-order chi connectivity index (χ1) is 17.6. The molecular formula is C27H24ClF2N3O3.